The topological polar surface area (TPSA) is 30.3 Å². The Morgan fingerprint density at radius 1 is 1.35 bits per heavy atom. The molecule has 0 spiro atoms. The first-order valence-electron chi connectivity index (χ1n) is 8.05. The van der Waals surface area contributed by atoms with E-state index in [1.807, 2.05) is 16.9 Å². The third kappa shape index (κ3) is 3.98. The molecule has 1 aliphatic rings. The van der Waals surface area contributed by atoms with Gasteiger partial charge in [0.15, 0.2) is 0 Å². The van der Waals surface area contributed by atoms with E-state index in [2.05, 4.69) is 37.0 Å². The zero-order valence-corrected chi connectivity index (χ0v) is 14.0. The standard InChI is InChI=1S/C18H24FN3O/c1-18(2,3)22-12-14(10-20-22)11-21-7-8-23-17(13-21)15-5-4-6-16(19)9-15/h4-6,9-10,12,17H,7-8,11,13H2,1-3H3. The molecule has 0 amide bonds. The highest BCUT2D eigenvalue weighted by molar-refractivity contribution is 5.20. The van der Waals surface area contributed by atoms with Gasteiger partial charge in [0.25, 0.3) is 0 Å². The minimum Gasteiger partial charge on any atom is -0.371 e. The number of nitrogens with zero attached hydrogens (tertiary/aromatic N) is 3. The largest absolute Gasteiger partial charge is 0.371 e. The number of rotatable bonds is 3. The van der Waals surface area contributed by atoms with Crippen molar-refractivity contribution in [2.24, 2.45) is 0 Å². The monoisotopic (exact) mass is 317 g/mol. The summed E-state index contributed by atoms with van der Waals surface area (Å²) in [7, 11) is 0. The van der Waals surface area contributed by atoms with Crippen molar-refractivity contribution in [1.29, 1.82) is 0 Å². The van der Waals surface area contributed by atoms with Gasteiger partial charge in [0.2, 0.25) is 0 Å². The van der Waals surface area contributed by atoms with E-state index < -0.39 is 0 Å². The van der Waals surface area contributed by atoms with Crippen LogP contribution in [0, 0.1) is 5.82 Å². The first-order chi connectivity index (χ1) is 10.9. The van der Waals surface area contributed by atoms with Crippen molar-refractivity contribution in [2.75, 3.05) is 19.7 Å². The summed E-state index contributed by atoms with van der Waals surface area (Å²) in [6, 6.07) is 6.69. The van der Waals surface area contributed by atoms with Crippen LogP contribution in [0.1, 0.15) is 38.0 Å². The zero-order valence-electron chi connectivity index (χ0n) is 14.0. The molecule has 0 radical (unpaired) electrons. The van der Waals surface area contributed by atoms with Crippen LogP contribution in [-0.4, -0.2) is 34.4 Å². The van der Waals surface area contributed by atoms with Crippen LogP contribution in [0.4, 0.5) is 4.39 Å². The highest BCUT2D eigenvalue weighted by Crippen LogP contribution is 2.24. The van der Waals surface area contributed by atoms with Crippen molar-refractivity contribution in [1.82, 2.24) is 14.7 Å². The number of hydrogen-bond donors (Lipinski definition) is 0. The molecule has 0 aliphatic carbocycles. The van der Waals surface area contributed by atoms with Crippen LogP contribution in [0.3, 0.4) is 0 Å². The zero-order chi connectivity index (χ0) is 16.4. The van der Waals surface area contributed by atoms with Gasteiger partial charge in [0.1, 0.15) is 5.82 Å². The Labute approximate surface area is 136 Å². The predicted molar refractivity (Wildman–Crippen MR) is 87.6 cm³/mol. The Balaban J connectivity index is 1.66. The summed E-state index contributed by atoms with van der Waals surface area (Å²) < 4.78 is 21.2. The molecule has 1 saturated heterocycles. The summed E-state index contributed by atoms with van der Waals surface area (Å²) in [5.41, 5.74) is 2.09. The Kier molecular flexibility index (Phi) is 4.50. The van der Waals surface area contributed by atoms with Gasteiger partial charge in [-0.15, -0.1) is 0 Å². The fraction of sp³-hybridized carbons (Fsp3) is 0.500. The molecule has 124 valence electrons. The third-order valence-electron chi connectivity index (χ3n) is 4.10. The quantitative estimate of drug-likeness (QED) is 0.870. The van der Waals surface area contributed by atoms with Crippen LogP contribution in [0.2, 0.25) is 0 Å². The van der Waals surface area contributed by atoms with Gasteiger partial charge in [-0.2, -0.15) is 5.10 Å². The van der Waals surface area contributed by atoms with Gasteiger partial charge in [0.05, 0.1) is 24.4 Å². The number of ether oxygens (including phenoxy) is 1. The number of hydrogen-bond acceptors (Lipinski definition) is 3. The molecule has 2 heterocycles. The van der Waals surface area contributed by atoms with Gasteiger partial charge >= 0.3 is 0 Å². The average molecular weight is 317 g/mol. The van der Waals surface area contributed by atoms with Gasteiger partial charge in [-0.25, -0.2) is 4.39 Å². The van der Waals surface area contributed by atoms with Crippen molar-refractivity contribution >= 4 is 0 Å². The molecule has 1 aromatic carbocycles. The molecular formula is C18H24FN3O. The normalized spacial score (nSPS) is 19.9. The molecule has 0 saturated carbocycles. The Morgan fingerprint density at radius 3 is 2.87 bits per heavy atom. The molecule has 1 aliphatic heterocycles. The second kappa shape index (κ2) is 6.42. The first kappa shape index (κ1) is 16.1. The minimum atomic E-state index is -0.213. The average Bonchev–Trinajstić information content (AvgIpc) is 2.96. The van der Waals surface area contributed by atoms with Gasteiger partial charge in [0, 0.05) is 31.4 Å². The molecule has 5 heteroatoms. The molecule has 0 N–H and O–H groups in total. The fourth-order valence-corrected chi connectivity index (χ4v) is 2.82. The molecule has 1 fully saturated rings. The molecular weight excluding hydrogens is 293 g/mol. The second-order valence-electron chi connectivity index (χ2n) is 7.11. The molecule has 1 atom stereocenters. The van der Waals surface area contributed by atoms with Crippen LogP contribution in [0.15, 0.2) is 36.7 Å². The van der Waals surface area contributed by atoms with E-state index in [0.717, 1.165) is 25.2 Å². The number of halogens is 1. The Bertz CT molecular complexity index is 662. The highest BCUT2D eigenvalue weighted by Gasteiger charge is 2.23. The minimum absolute atomic E-state index is 0.00659. The van der Waals surface area contributed by atoms with E-state index in [1.54, 1.807) is 12.1 Å². The summed E-state index contributed by atoms with van der Waals surface area (Å²) in [5.74, 6) is -0.213. The third-order valence-corrected chi connectivity index (χ3v) is 4.10. The summed E-state index contributed by atoms with van der Waals surface area (Å²) in [6.45, 7) is 9.56. The summed E-state index contributed by atoms with van der Waals surface area (Å²) >= 11 is 0. The molecule has 3 rings (SSSR count). The van der Waals surface area contributed by atoms with E-state index in [1.165, 1.54) is 11.6 Å². The maximum Gasteiger partial charge on any atom is 0.123 e. The Hall–Kier alpha value is -1.72. The molecule has 0 bridgehead atoms. The van der Waals surface area contributed by atoms with E-state index in [9.17, 15) is 4.39 Å². The highest BCUT2D eigenvalue weighted by atomic mass is 19.1. The van der Waals surface area contributed by atoms with Crippen LogP contribution in [0.25, 0.3) is 0 Å². The molecule has 1 unspecified atom stereocenters. The van der Waals surface area contributed by atoms with E-state index in [4.69, 9.17) is 4.74 Å². The molecule has 4 nitrogen and oxygen atoms in total. The molecule has 1 aromatic heterocycles. The van der Waals surface area contributed by atoms with Crippen LogP contribution in [0.5, 0.6) is 0 Å². The lowest BCUT2D eigenvalue weighted by molar-refractivity contribution is -0.0330. The van der Waals surface area contributed by atoms with Crippen molar-refractivity contribution in [3.05, 3.63) is 53.6 Å². The lowest BCUT2D eigenvalue weighted by Gasteiger charge is -2.33. The van der Waals surface area contributed by atoms with Crippen LogP contribution < -0.4 is 0 Å². The van der Waals surface area contributed by atoms with Crippen LogP contribution in [-0.2, 0) is 16.8 Å². The Morgan fingerprint density at radius 2 is 2.17 bits per heavy atom. The smallest absolute Gasteiger partial charge is 0.123 e. The van der Waals surface area contributed by atoms with Crippen molar-refractivity contribution in [3.63, 3.8) is 0 Å². The predicted octanol–water partition coefficient (Wildman–Crippen LogP) is 3.35. The summed E-state index contributed by atoms with van der Waals surface area (Å²) in [4.78, 5) is 2.34. The van der Waals surface area contributed by atoms with Crippen LogP contribution >= 0.6 is 0 Å². The van der Waals surface area contributed by atoms with E-state index in [-0.39, 0.29) is 17.5 Å². The van der Waals surface area contributed by atoms with Gasteiger partial charge in [-0.3, -0.25) is 9.58 Å². The maximum atomic E-state index is 13.4. The fourth-order valence-electron chi connectivity index (χ4n) is 2.82. The van der Waals surface area contributed by atoms with Gasteiger partial charge in [-0.05, 0) is 38.5 Å². The molecule has 2 aromatic rings. The number of benzene rings is 1. The van der Waals surface area contributed by atoms with Crippen molar-refractivity contribution < 1.29 is 9.13 Å². The number of aromatic nitrogens is 2. The summed E-state index contributed by atoms with van der Waals surface area (Å²) in [5, 5.41) is 4.45. The van der Waals surface area contributed by atoms with E-state index >= 15 is 0 Å². The molecule has 23 heavy (non-hydrogen) atoms. The SMILES string of the molecule is CC(C)(C)n1cc(CN2CCOC(c3cccc(F)c3)C2)cn1. The van der Waals surface area contributed by atoms with Crippen molar-refractivity contribution in [2.45, 2.75) is 39.0 Å². The first-order valence-corrected chi connectivity index (χ1v) is 8.05. The van der Waals surface area contributed by atoms with Gasteiger partial charge < -0.3 is 4.74 Å². The second-order valence-corrected chi connectivity index (χ2v) is 7.11. The van der Waals surface area contributed by atoms with Gasteiger partial charge in [-0.1, -0.05) is 12.1 Å². The lowest BCUT2D eigenvalue weighted by Crippen LogP contribution is -2.37. The summed E-state index contributed by atoms with van der Waals surface area (Å²) in [6.07, 6.45) is 3.96. The maximum absolute atomic E-state index is 13.4. The lowest BCUT2D eigenvalue weighted by atomic mass is 10.1. The number of morpholine rings is 1. The van der Waals surface area contributed by atoms with Crippen molar-refractivity contribution in [3.8, 4) is 0 Å². The van der Waals surface area contributed by atoms with E-state index in [0.29, 0.717) is 6.61 Å².